The molecule has 12 aromatic rings. The van der Waals surface area contributed by atoms with Crippen LogP contribution in [0, 0.1) is 11.8 Å². The van der Waals surface area contributed by atoms with E-state index in [1.807, 2.05) is 72.8 Å². The third kappa shape index (κ3) is 11.4. The van der Waals surface area contributed by atoms with Crippen LogP contribution in [-0.4, -0.2) is 48.8 Å². The van der Waals surface area contributed by atoms with Gasteiger partial charge in [-0.2, -0.15) is 0 Å². The van der Waals surface area contributed by atoms with Gasteiger partial charge in [-0.25, -0.2) is 19.4 Å². The number of hydrogen-bond donors (Lipinski definition) is 0. The van der Waals surface area contributed by atoms with Gasteiger partial charge in [0.2, 0.25) is 0 Å². The Hall–Kier alpha value is -10.5. The number of fused-ring (bicyclic) bond motifs is 4. The largest absolute Gasteiger partial charge is 0.462 e. The first-order valence-electron chi connectivity index (χ1n) is 34.7. The van der Waals surface area contributed by atoms with Crippen LogP contribution in [0.15, 0.2) is 170 Å². The Labute approximate surface area is 572 Å². The van der Waals surface area contributed by atoms with Gasteiger partial charge in [-0.05, 0) is 203 Å². The lowest BCUT2D eigenvalue weighted by molar-refractivity contribution is -0.139. The number of imide groups is 2. The van der Waals surface area contributed by atoms with E-state index in [-0.39, 0.29) is 59.2 Å². The summed E-state index contributed by atoms with van der Waals surface area (Å²) in [4.78, 5) is 84.0. The zero-order chi connectivity index (χ0) is 69.1. The summed E-state index contributed by atoms with van der Waals surface area (Å²) in [5, 5.41) is 16.7. The van der Waals surface area contributed by atoms with Crippen LogP contribution in [0.4, 0.5) is 11.4 Å². The third-order valence-corrected chi connectivity index (χ3v) is 19.9. The minimum Gasteiger partial charge on any atom is -0.462 e. The molecule has 0 saturated carbocycles. The van der Waals surface area contributed by atoms with Crippen LogP contribution < -0.4 is 9.80 Å². The number of carbonyl (C=O) groups is 6. The molecule has 2 aliphatic rings. The van der Waals surface area contributed by atoms with Crippen molar-refractivity contribution in [3.63, 3.8) is 0 Å². The Balaban J connectivity index is 0.000000176. The molecule has 2 aliphatic heterocycles. The van der Waals surface area contributed by atoms with Crippen molar-refractivity contribution in [2.24, 2.45) is 0 Å². The summed E-state index contributed by atoms with van der Waals surface area (Å²) in [7, 11) is 0. The molecule has 4 amide bonds. The molecule has 0 saturated heterocycles. The van der Waals surface area contributed by atoms with E-state index in [0.29, 0.717) is 53.0 Å². The van der Waals surface area contributed by atoms with Gasteiger partial charge in [0.1, 0.15) is 0 Å². The van der Waals surface area contributed by atoms with E-state index in [1.54, 1.807) is 13.8 Å². The van der Waals surface area contributed by atoms with Gasteiger partial charge in [0.25, 0.3) is 23.6 Å². The van der Waals surface area contributed by atoms with Gasteiger partial charge in [0, 0.05) is 56.2 Å². The maximum absolute atomic E-state index is 14.5. The number of carbonyl (C=O) groups excluding carboxylic acids is 6. The minimum absolute atomic E-state index is 0.135. The van der Waals surface area contributed by atoms with Crippen molar-refractivity contribution >= 4 is 133 Å². The standard InChI is InChI=1S/C44H43NO4.C44H39NO4/c2*1-25(2)29-14-11-15-30(26(3)4)41(29)45-42(46)36-22-20-34-32-17-12-16-31-28(13-9-7-8-10-24-49-44(48)27(5)6)18-19-33(38(31)32)35-21-23-37(43(45)47)40(36)39(34)35/h11-12,14-23,25-26H,5,7-10,13,24H2,1-4,6H3;11-12,14-23,25-26H,5,7-8,10,24H2,1-4,6H3. The molecule has 0 aromatic heterocycles. The summed E-state index contributed by atoms with van der Waals surface area (Å²) in [6, 6.07) is 49.6. The zero-order valence-corrected chi connectivity index (χ0v) is 57.8. The van der Waals surface area contributed by atoms with Crippen molar-refractivity contribution in [1.82, 2.24) is 0 Å². The van der Waals surface area contributed by atoms with Gasteiger partial charge in [0.15, 0.2) is 0 Å². The lowest BCUT2D eigenvalue weighted by Gasteiger charge is -2.32. The van der Waals surface area contributed by atoms with E-state index in [1.165, 1.54) is 26.1 Å². The van der Waals surface area contributed by atoms with Crippen LogP contribution in [0.5, 0.6) is 0 Å². The van der Waals surface area contributed by atoms with Crippen LogP contribution in [0.1, 0.15) is 213 Å². The Morgan fingerprint density at radius 3 is 1.13 bits per heavy atom. The molecule has 0 radical (unpaired) electrons. The molecular formula is C88H82N2O8. The smallest absolute Gasteiger partial charge is 0.333 e. The molecular weight excluding hydrogens is 1210 g/mol. The van der Waals surface area contributed by atoms with Crippen LogP contribution in [0.3, 0.4) is 0 Å². The average Bonchev–Trinajstić information content (AvgIpc) is 0.704. The number of hydrogen-bond acceptors (Lipinski definition) is 8. The fourth-order valence-corrected chi connectivity index (χ4v) is 15.1. The molecule has 10 nitrogen and oxygen atoms in total. The van der Waals surface area contributed by atoms with Crippen molar-refractivity contribution in [1.29, 1.82) is 0 Å². The second-order valence-corrected chi connectivity index (χ2v) is 27.9. The summed E-state index contributed by atoms with van der Waals surface area (Å²) < 4.78 is 10.4. The summed E-state index contributed by atoms with van der Waals surface area (Å²) in [6.07, 6.45) is 7.18. The predicted octanol–water partition coefficient (Wildman–Crippen LogP) is 21.4. The maximum Gasteiger partial charge on any atom is 0.333 e. The van der Waals surface area contributed by atoms with Gasteiger partial charge < -0.3 is 9.47 Å². The highest BCUT2D eigenvalue weighted by molar-refractivity contribution is 6.44. The molecule has 0 aliphatic carbocycles. The van der Waals surface area contributed by atoms with Crippen molar-refractivity contribution in [2.45, 2.75) is 144 Å². The molecule has 492 valence electrons. The monoisotopic (exact) mass is 1290 g/mol. The van der Waals surface area contributed by atoms with E-state index in [2.05, 4.69) is 153 Å². The van der Waals surface area contributed by atoms with E-state index >= 15 is 0 Å². The zero-order valence-electron chi connectivity index (χ0n) is 57.8. The van der Waals surface area contributed by atoms with Gasteiger partial charge in [-0.1, -0.05) is 208 Å². The molecule has 14 rings (SSSR count). The third-order valence-electron chi connectivity index (χ3n) is 19.9. The molecule has 0 bridgehead atoms. The van der Waals surface area contributed by atoms with E-state index in [0.717, 1.165) is 160 Å². The molecule has 10 heteroatoms. The van der Waals surface area contributed by atoms with Crippen molar-refractivity contribution in [3.05, 3.63) is 226 Å². The molecule has 0 spiro atoms. The fraction of sp³-hybridized carbons (Fsp3) is 0.273. The van der Waals surface area contributed by atoms with Crippen LogP contribution in [0.25, 0.3) is 86.2 Å². The number of rotatable bonds is 19. The number of aryl methyl sites for hydroxylation is 1. The number of esters is 2. The summed E-state index contributed by atoms with van der Waals surface area (Å²) >= 11 is 0. The minimum atomic E-state index is -0.357. The normalized spacial score (nSPS) is 13.1. The Kier molecular flexibility index (Phi) is 18.1. The summed E-state index contributed by atoms with van der Waals surface area (Å²) in [6.45, 7) is 28.2. The quantitative estimate of drug-likeness (QED) is 0.0149. The number of nitrogens with zero attached hydrogens (tertiary/aromatic N) is 2. The second-order valence-electron chi connectivity index (χ2n) is 27.9. The molecule has 0 N–H and O–H groups in total. The lowest BCUT2D eigenvalue weighted by atomic mass is 9.83. The molecule has 0 atom stereocenters. The Bertz CT molecular complexity index is 5210. The number of anilines is 2. The number of para-hydroxylation sites is 2. The second kappa shape index (κ2) is 26.8. The van der Waals surface area contributed by atoms with E-state index in [4.69, 9.17) is 9.47 Å². The van der Waals surface area contributed by atoms with Crippen LogP contribution >= 0.6 is 0 Å². The number of ether oxygens (including phenoxy) is 2. The average molecular weight is 1300 g/mol. The Morgan fingerprint density at radius 2 is 0.714 bits per heavy atom. The van der Waals surface area contributed by atoms with E-state index < -0.39 is 0 Å². The highest BCUT2D eigenvalue weighted by Crippen LogP contribution is 2.49. The van der Waals surface area contributed by atoms with Crippen molar-refractivity contribution in [3.8, 4) is 11.8 Å². The summed E-state index contributed by atoms with van der Waals surface area (Å²) in [5.74, 6) is 5.50. The number of benzene rings is 12. The molecule has 12 aromatic carbocycles. The molecule has 0 fully saturated rings. The van der Waals surface area contributed by atoms with Gasteiger partial charge in [-0.3, -0.25) is 19.2 Å². The topological polar surface area (TPSA) is 127 Å². The van der Waals surface area contributed by atoms with E-state index in [9.17, 15) is 28.8 Å². The number of amides is 4. The first-order valence-corrected chi connectivity index (χ1v) is 34.7. The fourth-order valence-electron chi connectivity index (χ4n) is 15.1. The lowest BCUT2D eigenvalue weighted by Crippen LogP contribution is -2.41. The predicted molar refractivity (Wildman–Crippen MR) is 401 cm³/mol. The molecule has 2 heterocycles. The summed E-state index contributed by atoms with van der Waals surface area (Å²) in [5.41, 5.74) is 10.8. The number of unbranched alkanes of at least 4 members (excludes halogenated alkanes) is 5. The first-order chi connectivity index (χ1) is 47.2. The first kappa shape index (κ1) is 66.1. The highest BCUT2D eigenvalue weighted by atomic mass is 16.5. The highest BCUT2D eigenvalue weighted by Gasteiger charge is 2.40. The SMILES string of the molecule is C=C(C)C(=O)OCCCCC#Cc1ccc2c3ccc4c5c(ccc(c6cccc1c62)c53)C(=O)N(c1c(C(C)C)cccc1C(C)C)C4=O.C=C(C)C(=O)OCCCCCCc1ccc2c3ccc4c5c(ccc(c6cccc1c62)c53)C(=O)N(c1c(C(C)C)cccc1C(C)C)C4=O. The van der Waals surface area contributed by atoms with Crippen LogP contribution in [0.2, 0.25) is 0 Å². The molecule has 98 heavy (non-hydrogen) atoms. The molecule has 0 unspecified atom stereocenters. The van der Waals surface area contributed by atoms with Gasteiger partial charge in [-0.15, -0.1) is 0 Å². The van der Waals surface area contributed by atoms with Gasteiger partial charge in [0.05, 0.1) is 24.6 Å². The van der Waals surface area contributed by atoms with Crippen LogP contribution in [-0.2, 0) is 25.5 Å². The van der Waals surface area contributed by atoms with Crippen molar-refractivity contribution in [2.75, 3.05) is 23.0 Å². The van der Waals surface area contributed by atoms with Crippen molar-refractivity contribution < 1.29 is 38.2 Å². The van der Waals surface area contributed by atoms with Gasteiger partial charge >= 0.3 is 11.9 Å². The Morgan fingerprint density at radius 1 is 0.378 bits per heavy atom. The maximum atomic E-state index is 14.5.